The number of rotatable bonds is 4. The largest absolute Gasteiger partial charge is 0.368 e. The molecule has 152 valence electrons. The first-order chi connectivity index (χ1) is 13.9. The van der Waals surface area contributed by atoms with E-state index in [-0.39, 0.29) is 11.5 Å². The van der Waals surface area contributed by atoms with Gasteiger partial charge in [-0.1, -0.05) is 18.2 Å². The summed E-state index contributed by atoms with van der Waals surface area (Å²) in [6.07, 6.45) is 0. The van der Waals surface area contributed by atoms with E-state index in [1.54, 1.807) is 0 Å². The second-order valence-electron chi connectivity index (χ2n) is 7.60. The Morgan fingerprint density at radius 2 is 1.86 bits per heavy atom. The van der Waals surface area contributed by atoms with Crippen LogP contribution >= 0.6 is 11.3 Å². The van der Waals surface area contributed by atoms with Crippen molar-refractivity contribution in [3.63, 3.8) is 0 Å². The van der Waals surface area contributed by atoms with E-state index in [2.05, 4.69) is 27.0 Å². The van der Waals surface area contributed by atoms with Crippen molar-refractivity contribution < 1.29 is 4.79 Å². The number of nitrogens with one attached hydrogen (secondary N) is 1. The Kier molecular flexibility index (Phi) is 5.38. The van der Waals surface area contributed by atoms with Gasteiger partial charge in [-0.25, -0.2) is 4.98 Å². The highest BCUT2D eigenvalue weighted by molar-refractivity contribution is 7.20. The molecule has 1 fully saturated rings. The fourth-order valence-corrected chi connectivity index (χ4v) is 4.89. The molecule has 0 spiro atoms. The van der Waals surface area contributed by atoms with Gasteiger partial charge in [-0.2, -0.15) is 0 Å². The number of anilines is 1. The molecule has 2 aromatic heterocycles. The van der Waals surface area contributed by atoms with Crippen LogP contribution in [-0.4, -0.2) is 65.9 Å². The maximum absolute atomic E-state index is 13.2. The summed E-state index contributed by atoms with van der Waals surface area (Å²) < 4.78 is 0. The molecule has 1 aromatic carbocycles. The SMILES string of the molecule is Cc1c(C(=O)N2CCN(c3ccccc3)CC2)sc2nc(CN(C)C)[nH]c(=O)c12. The first-order valence-electron chi connectivity index (χ1n) is 9.70. The standard InChI is InChI=1S/C21H25N5O2S/c1-14-17-19(27)22-16(13-24(2)3)23-20(17)29-18(14)21(28)26-11-9-25(10-12-26)15-7-5-4-6-8-15/h4-8H,9-13H2,1-3H3,(H,22,23,27). The van der Waals surface area contributed by atoms with Crippen LogP contribution in [0.4, 0.5) is 5.69 Å². The van der Waals surface area contributed by atoms with E-state index in [1.165, 1.54) is 17.0 Å². The number of para-hydroxylation sites is 1. The molecule has 3 heterocycles. The van der Waals surface area contributed by atoms with Crippen LogP contribution in [0.1, 0.15) is 21.1 Å². The summed E-state index contributed by atoms with van der Waals surface area (Å²) in [6, 6.07) is 10.3. The predicted octanol–water partition coefficient (Wildman–Crippen LogP) is 2.32. The minimum atomic E-state index is -0.173. The van der Waals surface area contributed by atoms with Crippen molar-refractivity contribution in [3.8, 4) is 0 Å². The number of fused-ring (bicyclic) bond motifs is 1. The first-order valence-corrected chi connectivity index (χ1v) is 10.5. The molecule has 0 bridgehead atoms. The topological polar surface area (TPSA) is 72.5 Å². The van der Waals surface area contributed by atoms with Gasteiger partial charge in [0.2, 0.25) is 0 Å². The van der Waals surface area contributed by atoms with E-state index in [9.17, 15) is 9.59 Å². The summed E-state index contributed by atoms with van der Waals surface area (Å²) in [5.41, 5.74) is 1.74. The van der Waals surface area contributed by atoms with Crippen LogP contribution in [0.15, 0.2) is 35.1 Å². The van der Waals surface area contributed by atoms with Gasteiger partial charge in [0, 0.05) is 31.9 Å². The Morgan fingerprint density at radius 3 is 2.52 bits per heavy atom. The van der Waals surface area contributed by atoms with Gasteiger partial charge in [-0.15, -0.1) is 11.3 Å². The van der Waals surface area contributed by atoms with Gasteiger partial charge in [0.15, 0.2) is 0 Å². The Morgan fingerprint density at radius 1 is 1.17 bits per heavy atom. The van der Waals surface area contributed by atoms with Crippen molar-refractivity contribution in [3.05, 3.63) is 57.0 Å². The number of piperazine rings is 1. The third kappa shape index (κ3) is 3.90. The summed E-state index contributed by atoms with van der Waals surface area (Å²) in [6.45, 7) is 5.31. The van der Waals surface area contributed by atoms with Gasteiger partial charge in [0.25, 0.3) is 11.5 Å². The molecule has 4 rings (SSSR count). The number of thiophene rings is 1. The molecule has 1 aliphatic rings. The molecule has 1 aliphatic heterocycles. The maximum atomic E-state index is 13.2. The summed E-state index contributed by atoms with van der Waals surface area (Å²) in [5.74, 6) is 0.607. The molecule has 0 unspecified atom stereocenters. The van der Waals surface area contributed by atoms with Crippen LogP contribution in [0.3, 0.4) is 0 Å². The quantitative estimate of drug-likeness (QED) is 0.713. The van der Waals surface area contributed by atoms with Crippen LogP contribution in [0, 0.1) is 6.92 Å². The molecule has 0 atom stereocenters. The number of benzene rings is 1. The van der Waals surface area contributed by atoms with Crippen molar-refractivity contribution >= 4 is 33.1 Å². The molecular formula is C21H25N5O2S. The Hall–Kier alpha value is -2.71. The van der Waals surface area contributed by atoms with Crippen molar-refractivity contribution in [1.82, 2.24) is 19.8 Å². The second-order valence-corrected chi connectivity index (χ2v) is 8.60. The van der Waals surface area contributed by atoms with E-state index in [0.717, 1.165) is 18.7 Å². The maximum Gasteiger partial charge on any atom is 0.264 e. The molecule has 0 radical (unpaired) electrons. The van der Waals surface area contributed by atoms with Gasteiger partial charge in [-0.3, -0.25) is 9.59 Å². The lowest BCUT2D eigenvalue weighted by Crippen LogP contribution is -2.48. The van der Waals surface area contributed by atoms with Crippen LogP contribution in [0.2, 0.25) is 0 Å². The number of hydrogen-bond donors (Lipinski definition) is 1. The van der Waals surface area contributed by atoms with Crippen molar-refractivity contribution in [2.45, 2.75) is 13.5 Å². The number of carbonyl (C=O) groups excluding carboxylic acids is 1. The number of amides is 1. The van der Waals surface area contributed by atoms with Crippen molar-refractivity contribution in [2.75, 3.05) is 45.2 Å². The second kappa shape index (κ2) is 7.96. The molecule has 1 N–H and O–H groups in total. The summed E-state index contributed by atoms with van der Waals surface area (Å²) in [7, 11) is 3.85. The summed E-state index contributed by atoms with van der Waals surface area (Å²) >= 11 is 1.32. The van der Waals surface area contributed by atoms with Crippen LogP contribution in [0.25, 0.3) is 10.2 Å². The molecular weight excluding hydrogens is 386 g/mol. The number of nitrogens with zero attached hydrogens (tertiary/aromatic N) is 4. The monoisotopic (exact) mass is 411 g/mol. The minimum Gasteiger partial charge on any atom is -0.368 e. The van der Waals surface area contributed by atoms with Crippen molar-refractivity contribution in [1.29, 1.82) is 0 Å². The normalized spacial score (nSPS) is 14.8. The third-order valence-electron chi connectivity index (χ3n) is 5.20. The molecule has 8 heteroatoms. The fourth-order valence-electron chi connectivity index (χ4n) is 3.72. The highest BCUT2D eigenvalue weighted by atomic mass is 32.1. The van der Waals surface area contributed by atoms with Gasteiger partial charge in [-0.05, 0) is 38.7 Å². The Balaban J connectivity index is 1.55. The number of hydrogen-bond acceptors (Lipinski definition) is 6. The number of carbonyl (C=O) groups is 1. The highest BCUT2D eigenvalue weighted by Gasteiger charge is 2.26. The fraction of sp³-hybridized carbons (Fsp3) is 0.381. The number of aryl methyl sites for hydroxylation is 1. The summed E-state index contributed by atoms with van der Waals surface area (Å²) in [5, 5.41) is 0.531. The molecule has 1 saturated heterocycles. The smallest absolute Gasteiger partial charge is 0.264 e. The lowest BCUT2D eigenvalue weighted by atomic mass is 10.2. The first kappa shape index (κ1) is 19.6. The zero-order valence-corrected chi connectivity index (χ0v) is 17.8. The van der Waals surface area contributed by atoms with E-state index in [1.807, 2.05) is 49.0 Å². The van der Waals surface area contributed by atoms with E-state index >= 15 is 0 Å². The molecule has 0 aliphatic carbocycles. The van der Waals surface area contributed by atoms with Gasteiger partial charge in [0.05, 0.1) is 16.8 Å². The zero-order chi connectivity index (χ0) is 20.5. The Labute approximate surface area is 173 Å². The highest BCUT2D eigenvalue weighted by Crippen LogP contribution is 2.29. The van der Waals surface area contributed by atoms with Crippen LogP contribution in [-0.2, 0) is 6.54 Å². The number of aromatic nitrogens is 2. The molecule has 3 aromatic rings. The van der Waals surface area contributed by atoms with Gasteiger partial charge >= 0.3 is 0 Å². The van der Waals surface area contributed by atoms with Crippen molar-refractivity contribution in [2.24, 2.45) is 0 Å². The van der Waals surface area contributed by atoms with Crippen LogP contribution < -0.4 is 10.5 Å². The van der Waals surface area contributed by atoms with E-state index in [0.29, 0.717) is 40.6 Å². The Bertz CT molecular complexity index is 1080. The lowest BCUT2D eigenvalue weighted by molar-refractivity contribution is 0.0751. The molecule has 7 nitrogen and oxygen atoms in total. The zero-order valence-electron chi connectivity index (χ0n) is 16.9. The van der Waals surface area contributed by atoms with Crippen LogP contribution in [0.5, 0.6) is 0 Å². The van der Waals surface area contributed by atoms with E-state index in [4.69, 9.17) is 0 Å². The average molecular weight is 412 g/mol. The van der Waals surface area contributed by atoms with Gasteiger partial charge < -0.3 is 19.7 Å². The average Bonchev–Trinajstić information content (AvgIpc) is 3.04. The number of aromatic amines is 1. The minimum absolute atomic E-state index is 0.00762. The molecule has 1 amide bonds. The number of H-pyrrole nitrogens is 1. The predicted molar refractivity (Wildman–Crippen MR) is 117 cm³/mol. The molecule has 0 saturated carbocycles. The third-order valence-corrected chi connectivity index (χ3v) is 6.37. The molecule has 29 heavy (non-hydrogen) atoms. The summed E-state index contributed by atoms with van der Waals surface area (Å²) in [4.78, 5) is 40.5. The van der Waals surface area contributed by atoms with E-state index < -0.39 is 0 Å². The lowest BCUT2D eigenvalue weighted by Gasteiger charge is -2.36. The van der Waals surface area contributed by atoms with Gasteiger partial charge in [0.1, 0.15) is 10.7 Å².